The Balaban J connectivity index is 1.26. The molecule has 1 N–H and O–H groups in total. The summed E-state index contributed by atoms with van der Waals surface area (Å²) in [4.78, 5) is 0.359. The first-order chi connectivity index (χ1) is 16.8. The van der Waals surface area contributed by atoms with Crippen LogP contribution in [0.25, 0.3) is 11.1 Å². The van der Waals surface area contributed by atoms with Crippen LogP contribution >= 0.6 is 0 Å². The Kier molecular flexibility index (Phi) is 4.63. The molecule has 5 aliphatic rings. The van der Waals surface area contributed by atoms with Gasteiger partial charge in [0, 0.05) is 36.3 Å². The Morgan fingerprint density at radius 2 is 1.14 bits per heavy atom. The maximum Gasteiger partial charge on any atom is 0.243 e. The van der Waals surface area contributed by atoms with Crippen molar-refractivity contribution in [3.63, 3.8) is 0 Å². The molecule has 2 saturated heterocycles. The molecule has 0 radical (unpaired) electrons. The van der Waals surface area contributed by atoms with E-state index in [-0.39, 0.29) is 27.6 Å². The highest BCUT2D eigenvalue weighted by Gasteiger charge is 2.46. The van der Waals surface area contributed by atoms with Crippen LogP contribution in [-0.4, -0.2) is 61.5 Å². The first-order valence-corrected chi connectivity index (χ1v) is 15.2. The summed E-state index contributed by atoms with van der Waals surface area (Å²) in [7, 11) is -7.33. The van der Waals surface area contributed by atoms with Crippen molar-refractivity contribution in [1.29, 1.82) is 0 Å². The fourth-order valence-electron chi connectivity index (χ4n) is 7.10. The summed E-state index contributed by atoms with van der Waals surface area (Å²) in [6.07, 6.45) is 5.83. The predicted molar refractivity (Wildman–Crippen MR) is 129 cm³/mol. The third kappa shape index (κ3) is 3.06. The number of piperidine rings is 2. The molecule has 2 saturated carbocycles. The van der Waals surface area contributed by atoms with E-state index in [0.717, 1.165) is 49.7 Å². The molecule has 0 spiro atoms. The van der Waals surface area contributed by atoms with E-state index in [1.165, 1.54) is 0 Å². The minimum absolute atomic E-state index is 0.0649. The highest BCUT2D eigenvalue weighted by molar-refractivity contribution is 7.89. The van der Waals surface area contributed by atoms with Gasteiger partial charge in [-0.2, -0.15) is 8.61 Å². The number of fused-ring (bicyclic) bond motifs is 7. The smallest absolute Gasteiger partial charge is 0.243 e. The van der Waals surface area contributed by atoms with Crippen LogP contribution in [0.15, 0.2) is 51.3 Å². The van der Waals surface area contributed by atoms with E-state index < -0.39 is 20.0 Å². The molecule has 4 atom stereocenters. The zero-order valence-electron chi connectivity index (χ0n) is 19.2. The molecule has 3 aliphatic carbocycles. The van der Waals surface area contributed by atoms with E-state index in [2.05, 4.69) is 5.16 Å². The summed E-state index contributed by atoms with van der Waals surface area (Å²) >= 11 is 0. The Labute approximate surface area is 205 Å². The first-order valence-electron chi connectivity index (χ1n) is 12.3. The summed E-state index contributed by atoms with van der Waals surface area (Å²) in [5, 5.41) is 13.4. The lowest BCUT2D eigenvalue weighted by Crippen LogP contribution is -2.37. The van der Waals surface area contributed by atoms with Gasteiger partial charge >= 0.3 is 0 Å². The lowest BCUT2D eigenvalue weighted by Gasteiger charge is -2.26. The quantitative estimate of drug-likeness (QED) is 0.426. The van der Waals surface area contributed by atoms with E-state index in [1.54, 1.807) is 45.0 Å². The van der Waals surface area contributed by atoms with Crippen LogP contribution < -0.4 is 0 Å². The second-order valence-electron chi connectivity index (χ2n) is 10.7. The average molecular weight is 514 g/mol. The van der Waals surface area contributed by atoms with Crippen molar-refractivity contribution in [2.75, 3.05) is 13.1 Å². The van der Waals surface area contributed by atoms with Crippen molar-refractivity contribution >= 4 is 25.8 Å². The third-order valence-electron chi connectivity index (χ3n) is 8.81. The van der Waals surface area contributed by atoms with Crippen LogP contribution in [0.2, 0.25) is 0 Å². The zero-order chi connectivity index (χ0) is 24.1. The molecule has 0 aromatic heterocycles. The fourth-order valence-corrected chi connectivity index (χ4v) is 10.6. The molecule has 184 valence electrons. The molecule has 8 nitrogen and oxygen atoms in total. The maximum atomic E-state index is 13.4. The number of hydrogen-bond donors (Lipinski definition) is 1. The molecule has 0 amide bonds. The molecule has 35 heavy (non-hydrogen) atoms. The van der Waals surface area contributed by atoms with Crippen LogP contribution in [-0.2, 0) is 20.0 Å². The maximum absolute atomic E-state index is 13.4. The van der Waals surface area contributed by atoms with Crippen molar-refractivity contribution in [3.8, 4) is 11.1 Å². The number of oxime groups is 1. The van der Waals surface area contributed by atoms with Crippen molar-refractivity contribution < 1.29 is 22.0 Å². The molecule has 2 aromatic carbocycles. The number of nitrogens with zero attached hydrogens (tertiary/aromatic N) is 3. The number of benzene rings is 2. The Morgan fingerprint density at radius 3 is 1.49 bits per heavy atom. The zero-order valence-corrected chi connectivity index (χ0v) is 20.8. The normalized spacial score (nSPS) is 29.7. The van der Waals surface area contributed by atoms with Crippen LogP contribution in [0.1, 0.15) is 49.7 Å². The summed E-state index contributed by atoms with van der Waals surface area (Å²) < 4.78 is 56.9. The lowest BCUT2D eigenvalue weighted by molar-refractivity contribution is 0.319. The highest BCUT2D eigenvalue weighted by atomic mass is 32.2. The van der Waals surface area contributed by atoms with Gasteiger partial charge in [0.25, 0.3) is 0 Å². The molecular formula is C25H27N3O5S2. The van der Waals surface area contributed by atoms with E-state index >= 15 is 0 Å². The summed E-state index contributed by atoms with van der Waals surface area (Å²) in [5.41, 5.74) is 2.68. The Hall–Kier alpha value is -2.27. The minimum atomic E-state index is -3.66. The van der Waals surface area contributed by atoms with Crippen LogP contribution in [0.4, 0.5) is 0 Å². The lowest BCUT2D eigenvalue weighted by atomic mass is 10.1. The summed E-state index contributed by atoms with van der Waals surface area (Å²) in [6, 6.07) is 9.96. The first kappa shape index (κ1) is 22.0. The van der Waals surface area contributed by atoms with Gasteiger partial charge in [0.05, 0.1) is 9.79 Å². The van der Waals surface area contributed by atoms with Gasteiger partial charge in [-0.05, 0) is 85.8 Å². The number of rotatable bonds is 4. The van der Waals surface area contributed by atoms with Crippen LogP contribution in [0, 0.1) is 11.8 Å². The largest absolute Gasteiger partial charge is 0.410 e. The second-order valence-corrected chi connectivity index (χ2v) is 14.5. The van der Waals surface area contributed by atoms with E-state index in [0.29, 0.717) is 36.1 Å². The molecule has 4 fully saturated rings. The minimum Gasteiger partial charge on any atom is -0.410 e. The third-order valence-corrected chi connectivity index (χ3v) is 12.6. The molecular weight excluding hydrogens is 486 g/mol. The van der Waals surface area contributed by atoms with E-state index in [9.17, 15) is 22.0 Å². The molecule has 4 bridgehead atoms. The van der Waals surface area contributed by atoms with Gasteiger partial charge < -0.3 is 5.21 Å². The van der Waals surface area contributed by atoms with Gasteiger partial charge in [0.15, 0.2) is 0 Å². The van der Waals surface area contributed by atoms with Crippen LogP contribution in [0.3, 0.4) is 0 Å². The Bertz CT molecular complexity index is 1390. The van der Waals surface area contributed by atoms with Gasteiger partial charge in [0.2, 0.25) is 20.0 Å². The van der Waals surface area contributed by atoms with Crippen molar-refractivity contribution in [2.45, 2.75) is 60.4 Å². The number of sulfonamides is 2. The molecule has 4 unspecified atom stereocenters. The topological polar surface area (TPSA) is 107 Å². The average Bonchev–Trinajstić information content (AvgIpc) is 3.68. The summed E-state index contributed by atoms with van der Waals surface area (Å²) in [5.74, 6) is 0.878. The molecule has 10 heteroatoms. The van der Waals surface area contributed by atoms with Crippen molar-refractivity contribution in [1.82, 2.24) is 8.61 Å². The van der Waals surface area contributed by atoms with Crippen molar-refractivity contribution in [2.24, 2.45) is 17.0 Å². The van der Waals surface area contributed by atoms with Crippen LogP contribution in [0.5, 0.6) is 0 Å². The fraction of sp³-hybridized carbons (Fsp3) is 0.480. The predicted octanol–water partition coefficient (Wildman–Crippen LogP) is 3.24. The SMILES string of the molecule is O=S(=O)(c1ccc2c(c1)C(=NO)c1cc(S(=O)(=O)N3CC4CCC3C4)ccc1-2)N1CC2CCC1C2. The highest BCUT2D eigenvalue weighted by Crippen LogP contribution is 2.44. The van der Waals surface area contributed by atoms with Gasteiger partial charge in [-0.3, -0.25) is 0 Å². The van der Waals surface area contributed by atoms with Crippen molar-refractivity contribution in [3.05, 3.63) is 47.5 Å². The van der Waals surface area contributed by atoms with E-state index in [1.807, 2.05) is 0 Å². The summed E-state index contributed by atoms with van der Waals surface area (Å²) in [6.45, 7) is 1.12. The van der Waals surface area contributed by atoms with Gasteiger partial charge in [-0.25, -0.2) is 16.8 Å². The second kappa shape index (κ2) is 7.38. The molecule has 2 aromatic rings. The molecule has 2 heterocycles. The molecule has 7 rings (SSSR count). The van der Waals surface area contributed by atoms with E-state index in [4.69, 9.17) is 0 Å². The van der Waals surface area contributed by atoms with Gasteiger partial charge in [-0.15, -0.1) is 0 Å². The van der Waals surface area contributed by atoms with Gasteiger partial charge in [0.1, 0.15) is 5.71 Å². The van der Waals surface area contributed by atoms with Gasteiger partial charge in [-0.1, -0.05) is 17.3 Å². The molecule has 2 aliphatic heterocycles. The number of hydrogen-bond acceptors (Lipinski definition) is 6. The standard InChI is InChI=1S/C25H27N3O5S2/c29-26-25-23-11-19(34(30,31)27-13-15-1-3-17(27)9-15)5-7-21(23)22-8-6-20(12-24(22)25)35(32,33)28-14-16-2-4-18(28)10-16/h5-8,11-12,15-18,29H,1-4,9-10,13-14H2. The Morgan fingerprint density at radius 1 is 0.686 bits per heavy atom. The monoisotopic (exact) mass is 513 g/mol.